The number of carbonyl (C=O) groups excluding carboxylic acids is 2. The van der Waals surface area contributed by atoms with Crippen molar-refractivity contribution < 1.29 is 28.5 Å². The van der Waals surface area contributed by atoms with Gasteiger partial charge in [0.25, 0.3) is 0 Å². The molecule has 5 aromatic carbocycles. The Morgan fingerprint density at radius 3 is 1.24 bits per heavy atom. The Hall–Kier alpha value is -5.10. The molecule has 0 unspecified atom stereocenters. The molecule has 184 valence electrons. The van der Waals surface area contributed by atoms with Crippen LogP contribution in [0.25, 0.3) is 32.7 Å². The molecule has 0 radical (unpaired) electrons. The topological polar surface area (TPSA) is 71.1 Å². The van der Waals surface area contributed by atoms with Crippen LogP contribution in [0.15, 0.2) is 84.9 Å². The quantitative estimate of drug-likeness (QED) is 0.209. The Morgan fingerprint density at radius 2 is 0.868 bits per heavy atom. The van der Waals surface area contributed by atoms with Gasteiger partial charge in [-0.15, -0.1) is 0 Å². The lowest BCUT2D eigenvalue weighted by Crippen LogP contribution is -2.07. The molecule has 0 atom stereocenters. The number of methoxy groups -OCH3 is 2. The lowest BCUT2D eigenvalue weighted by atomic mass is 9.98. The summed E-state index contributed by atoms with van der Waals surface area (Å²) in [7, 11) is 3.21. The second-order valence-corrected chi connectivity index (χ2v) is 9.23. The Morgan fingerprint density at radius 1 is 0.500 bits per heavy atom. The number of hydrogen-bond donors (Lipinski definition) is 0. The van der Waals surface area contributed by atoms with Crippen molar-refractivity contribution in [2.45, 2.75) is 0 Å². The van der Waals surface area contributed by atoms with Crippen LogP contribution in [0.1, 0.15) is 11.1 Å². The van der Waals surface area contributed by atoms with Gasteiger partial charge in [0.1, 0.15) is 23.0 Å². The summed E-state index contributed by atoms with van der Waals surface area (Å²) in [6.45, 7) is 0. The van der Waals surface area contributed by atoms with E-state index in [4.69, 9.17) is 18.9 Å². The first kappa shape index (κ1) is 22.1. The lowest BCUT2D eigenvalue weighted by Gasteiger charge is -2.05. The maximum atomic E-state index is 12.8. The molecule has 0 saturated heterocycles. The van der Waals surface area contributed by atoms with E-state index < -0.39 is 0 Å². The maximum absolute atomic E-state index is 12.8. The summed E-state index contributed by atoms with van der Waals surface area (Å²) >= 11 is 0. The van der Waals surface area contributed by atoms with Gasteiger partial charge < -0.3 is 18.9 Å². The standard InChI is InChI=1S/C32H20O6/c1-35-23-7-3-17(4-8-23)29-25-13-19-11-22-16-28-26(14-20(22)12-21(19)15-27(25)37-31(29)33)30(32(34)38-28)18-5-9-24(36-2)10-6-18/h3-16H,1-2H3. The van der Waals surface area contributed by atoms with Gasteiger partial charge in [-0.25, -0.2) is 9.59 Å². The molecule has 7 rings (SSSR count). The molecule has 2 aliphatic rings. The molecule has 0 aromatic heterocycles. The predicted octanol–water partition coefficient (Wildman–Crippen LogP) is 4.25. The van der Waals surface area contributed by atoms with Crippen molar-refractivity contribution in [1.82, 2.24) is 0 Å². The van der Waals surface area contributed by atoms with Gasteiger partial charge in [-0.2, -0.15) is 0 Å². The molecule has 6 nitrogen and oxygen atoms in total. The molecule has 0 fully saturated rings. The minimum atomic E-state index is -0.380. The number of fused-ring (bicyclic) bond motifs is 4. The molecule has 0 spiro atoms. The summed E-state index contributed by atoms with van der Waals surface area (Å²) in [5, 5.41) is 5.24. The van der Waals surface area contributed by atoms with Gasteiger partial charge in [0.15, 0.2) is 0 Å². The number of rotatable bonds is 4. The van der Waals surface area contributed by atoms with Gasteiger partial charge in [-0.3, -0.25) is 0 Å². The van der Waals surface area contributed by atoms with Crippen molar-refractivity contribution in [3.05, 3.63) is 106 Å². The fourth-order valence-corrected chi connectivity index (χ4v) is 5.20. The summed E-state index contributed by atoms with van der Waals surface area (Å²) in [5.74, 6) is 1.72. The smallest absolute Gasteiger partial charge is 0.344 e. The number of benzene rings is 5. The van der Waals surface area contributed by atoms with Crippen LogP contribution in [0.3, 0.4) is 0 Å². The third-order valence-electron chi connectivity index (χ3n) is 7.10. The Labute approximate surface area is 216 Å². The first-order chi connectivity index (χ1) is 18.5. The minimum Gasteiger partial charge on any atom is -0.497 e. The zero-order valence-electron chi connectivity index (χ0n) is 20.5. The fourth-order valence-electron chi connectivity index (χ4n) is 5.20. The monoisotopic (exact) mass is 500 g/mol. The summed E-state index contributed by atoms with van der Waals surface area (Å²) in [6.07, 6.45) is 0. The molecule has 0 saturated carbocycles. The van der Waals surface area contributed by atoms with Crippen LogP contribution < -0.4 is 29.4 Å². The van der Waals surface area contributed by atoms with E-state index in [2.05, 4.69) is 0 Å². The van der Waals surface area contributed by atoms with Gasteiger partial charge in [-0.05, 0) is 93.3 Å². The molecule has 0 bridgehead atoms. The SMILES string of the molecule is COc1ccc(C2=c3cc4cc5cc6c(cc5cc4cc3OC2=O)=C(c2ccc(OC)cc2)C(=O)O6)cc1. The van der Waals surface area contributed by atoms with Gasteiger partial charge in [0.05, 0.1) is 25.4 Å². The summed E-state index contributed by atoms with van der Waals surface area (Å²) < 4.78 is 21.8. The Bertz CT molecular complexity index is 1810. The summed E-state index contributed by atoms with van der Waals surface area (Å²) in [4.78, 5) is 25.7. The van der Waals surface area contributed by atoms with Crippen LogP contribution in [0.4, 0.5) is 0 Å². The van der Waals surface area contributed by atoms with E-state index in [1.807, 2.05) is 84.9 Å². The van der Waals surface area contributed by atoms with Crippen molar-refractivity contribution in [3.63, 3.8) is 0 Å². The zero-order valence-corrected chi connectivity index (χ0v) is 20.5. The van der Waals surface area contributed by atoms with Crippen LogP contribution in [-0.4, -0.2) is 26.2 Å². The molecule has 0 N–H and O–H groups in total. The first-order valence-electron chi connectivity index (χ1n) is 12.1. The molecule has 2 aliphatic heterocycles. The molecule has 2 heterocycles. The third-order valence-corrected chi connectivity index (χ3v) is 7.10. The maximum Gasteiger partial charge on any atom is 0.344 e. The van der Waals surface area contributed by atoms with Crippen molar-refractivity contribution >= 4 is 44.6 Å². The van der Waals surface area contributed by atoms with E-state index in [0.717, 1.165) is 43.1 Å². The number of carbonyl (C=O) groups is 2. The molecule has 38 heavy (non-hydrogen) atoms. The molecule has 6 heteroatoms. The van der Waals surface area contributed by atoms with Crippen LogP contribution in [0.2, 0.25) is 0 Å². The van der Waals surface area contributed by atoms with Gasteiger partial charge in [0, 0.05) is 10.4 Å². The van der Waals surface area contributed by atoms with Crippen molar-refractivity contribution in [1.29, 1.82) is 0 Å². The van der Waals surface area contributed by atoms with Crippen LogP contribution >= 0.6 is 0 Å². The lowest BCUT2D eigenvalue weighted by molar-refractivity contribution is -0.128. The van der Waals surface area contributed by atoms with E-state index in [-0.39, 0.29) is 11.9 Å². The second-order valence-electron chi connectivity index (χ2n) is 9.23. The van der Waals surface area contributed by atoms with Crippen LogP contribution in [0.5, 0.6) is 23.0 Å². The van der Waals surface area contributed by atoms with E-state index >= 15 is 0 Å². The summed E-state index contributed by atoms with van der Waals surface area (Å²) in [6, 6.07) is 26.5. The van der Waals surface area contributed by atoms with Crippen LogP contribution in [0, 0.1) is 0 Å². The Balaban J connectivity index is 1.41. The minimum absolute atomic E-state index is 0.380. The van der Waals surface area contributed by atoms with E-state index in [9.17, 15) is 9.59 Å². The predicted molar refractivity (Wildman–Crippen MR) is 143 cm³/mol. The molecule has 5 aromatic rings. The zero-order chi connectivity index (χ0) is 26.0. The molecular weight excluding hydrogens is 480 g/mol. The van der Waals surface area contributed by atoms with E-state index in [1.54, 1.807) is 14.2 Å². The van der Waals surface area contributed by atoms with E-state index in [1.165, 1.54) is 0 Å². The highest BCUT2D eigenvalue weighted by Gasteiger charge is 2.27. The van der Waals surface area contributed by atoms with Gasteiger partial charge in [-0.1, -0.05) is 24.3 Å². The van der Waals surface area contributed by atoms with E-state index in [0.29, 0.717) is 34.1 Å². The first-order valence-corrected chi connectivity index (χ1v) is 12.1. The average molecular weight is 501 g/mol. The molecule has 0 aliphatic carbocycles. The third kappa shape index (κ3) is 3.34. The number of ether oxygens (including phenoxy) is 4. The summed E-state index contributed by atoms with van der Waals surface area (Å²) in [5.41, 5.74) is 2.57. The van der Waals surface area contributed by atoms with Crippen LogP contribution in [-0.2, 0) is 9.59 Å². The van der Waals surface area contributed by atoms with Crippen molar-refractivity contribution in [2.75, 3.05) is 14.2 Å². The second kappa shape index (κ2) is 8.21. The largest absolute Gasteiger partial charge is 0.497 e. The van der Waals surface area contributed by atoms with Gasteiger partial charge >= 0.3 is 11.9 Å². The Kier molecular flexibility index (Phi) is 4.78. The van der Waals surface area contributed by atoms with Crippen molar-refractivity contribution in [3.8, 4) is 23.0 Å². The fraction of sp³-hybridized carbons (Fsp3) is 0.0625. The van der Waals surface area contributed by atoms with Gasteiger partial charge in [0.2, 0.25) is 0 Å². The average Bonchev–Trinajstić information content (AvgIpc) is 3.43. The van der Waals surface area contributed by atoms with Crippen molar-refractivity contribution in [2.24, 2.45) is 0 Å². The highest BCUT2D eigenvalue weighted by atomic mass is 16.5. The molecular formula is C32H20O6. The normalized spacial score (nSPS) is 13.9. The highest BCUT2D eigenvalue weighted by Crippen LogP contribution is 2.32. The number of esters is 2. The highest BCUT2D eigenvalue weighted by molar-refractivity contribution is 6.21. The number of hydrogen-bond acceptors (Lipinski definition) is 6. The molecule has 0 amide bonds.